The number of halogens is 1. The monoisotopic (exact) mass is 262 g/mol. The molecule has 4 heteroatoms. The van der Waals surface area contributed by atoms with Crippen LogP contribution in [0, 0.1) is 11.7 Å². The maximum absolute atomic E-state index is 12.9. The number of hydrogen-bond acceptors (Lipinski definition) is 2. The molecule has 2 fully saturated rings. The van der Waals surface area contributed by atoms with Crippen molar-refractivity contribution in [3.63, 3.8) is 0 Å². The molecule has 1 unspecified atom stereocenters. The fraction of sp³-hybridized carbons (Fsp3) is 0.533. The molecule has 1 amide bonds. The smallest absolute Gasteiger partial charge is 0.224 e. The second-order valence-electron chi connectivity index (χ2n) is 5.69. The van der Waals surface area contributed by atoms with Crippen LogP contribution in [0.15, 0.2) is 24.3 Å². The fourth-order valence-corrected chi connectivity index (χ4v) is 2.80. The van der Waals surface area contributed by atoms with Crippen LogP contribution in [0.1, 0.15) is 24.8 Å². The first kappa shape index (κ1) is 12.6. The van der Waals surface area contributed by atoms with E-state index in [9.17, 15) is 9.18 Å². The van der Waals surface area contributed by atoms with Gasteiger partial charge in [-0.05, 0) is 43.5 Å². The van der Waals surface area contributed by atoms with Crippen LogP contribution in [0.2, 0.25) is 0 Å². The lowest BCUT2D eigenvalue weighted by Crippen LogP contribution is -2.37. The average molecular weight is 262 g/mol. The van der Waals surface area contributed by atoms with E-state index in [-0.39, 0.29) is 23.1 Å². The Morgan fingerprint density at radius 3 is 2.68 bits per heavy atom. The number of carbonyl (C=O) groups excluding carboxylic acids is 1. The van der Waals surface area contributed by atoms with Gasteiger partial charge in [0.25, 0.3) is 0 Å². The summed E-state index contributed by atoms with van der Waals surface area (Å²) >= 11 is 0. The van der Waals surface area contributed by atoms with Gasteiger partial charge in [0.05, 0.1) is 5.92 Å². The third kappa shape index (κ3) is 2.63. The highest BCUT2D eigenvalue weighted by Gasteiger charge is 2.44. The molecule has 3 rings (SSSR count). The van der Waals surface area contributed by atoms with E-state index in [0.717, 1.165) is 37.9 Å². The van der Waals surface area contributed by atoms with Crippen LogP contribution in [0.5, 0.6) is 0 Å². The van der Waals surface area contributed by atoms with Crippen molar-refractivity contribution in [3.05, 3.63) is 35.6 Å². The normalized spacial score (nSPS) is 24.2. The van der Waals surface area contributed by atoms with Crippen molar-refractivity contribution in [1.82, 2.24) is 10.6 Å². The van der Waals surface area contributed by atoms with Crippen molar-refractivity contribution in [1.29, 1.82) is 0 Å². The van der Waals surface area contributed by atoms with Gasteiger partial charge in [-0.3, -0.25) is 4.79 Å². The van der Waals surface area contributed by atoms with Gasteiger partial charge in [0.15, 0.2) is 0 Å². The molecule has 0 aromatic heterocycles. The van der Waals surface area contributed by atoms with Crippen molar-refractivity contribution in [2.75, 3.05) is 19.6 Å². The SMILES string of the molecule is O=C(NCC1(c2ccc(F)cc2)CC1)C1CCNC1. The first-order valence-corrected chi connectivity index (χ1v) is 6.94. The van der Waals surface area contributed by atoms with Gasteiger partial charge in [-0.25, -0.2) is 4.39 Å². The van der Waals surface area contributed by atoms with Gasteiger partial charge in [0.1, 0.15) is 5.82 Å². The summed E-state index contributed by atoms with van der Waals surface area (Å²) in [6, 6.07) is 6.67. The number of carbonyl (C=O) groups is 1. The Morgan fingerprint density at radius 1 is 1.37 bits per heavy atom. The summed E-state index contributed by atoms with van der Waals surface area (Å²) in [7, 11) is 0. The summed E-state index contributed by atoms with van der Waals surface area (Å²) in [5, 5.41) is 6.27. The standard InChI is InChI=1S/C15H19FN2O/c16-13-3-1-12(2-4-13)15(6-7-15)10-18-14(19)11-5-8-17-9-11/h1-4,11,17H,5-10H2,(H,18,19). The zero-order valence-corrected chi connectivity index (χ0v) is 10.9. The molecule has 1 atom stereocenters. The third-order valence-electron chi connectivity index (χ3n) is 4.34. The summed E-state index contributed by atoms with van der Waals surface area (Å²) < 4.78 is 12.9. The van der Waals surface area contributed by atoms with E-state index < -0.39 is 0 Å². The van der Waals surface area contributed by atoms with E-state index in [1.54, 1.807) is 0 Å². The molecule has 1 heterocycles. The molecule has 1 aliphatic carbocycles. The summed E-state index contributed by atoms with van der Waals surface area (Å²) in [5.74, 6) is 0.0584. The first-order valence-electron chi connectivity index (χ1n) is 6.94. The Bertz CT molecular complexity index is 462. The second-order valence-corrected chi connectivity index (χ2v) is 5.69. The van der Waals surface area contributed by atoms with E-state index >= 15 is 0 Å². The second kappa shape index (κ2) is 4.93. The van der Waals surface area contributed by atoms with Crippen LogP contribution < -0.4 is 10.6 Å². The van der Waals surface area contributed by atoms with Gasteiger partial charge in [0.2, 0.25) is 5.91 Å². The minimum atomic E-state index is -0.208. The van der Waals surface area contributed by atoms with E-state index in [0.29, 0.717) is 6.54 Å². The summed E-state index contributed by atoms with van der Waals surface area (Å²) in [6.45, 7) is 2.39. The predicted molar refractivity (Wildman–Crippen MR) is 71.3 cm³/mol. The van der Waals surface area contributed by atoms with Crippen LogP contribution in [0.25, 0.3) is 0 Å². The predicted octanol–water partition coefficient (Wildman–Crippen LogP) is 1.58. The van der Waals surface area contributed by atoms with E-state index in [1.165, 1.54) is 12.1 Å². The van der Waals surface area contributed by atoms with Gasteiger partial charge in [-0.1, -0.05) is 12.1 Å². The quantitative estimate of drug-likeness (QED) is 0.865. The number of nitrogens with one attached hydrogen (secondary N) is 2. The van der Waals surface area contributed by atoms with Gasteiger partial charge in [-0.15, -0.1) is 0 Å². The molecule has 1 saturated heterocycles. The van der Waals surface area contributed by atoms with Gasteiger partial charge in [-0.2, -0.15) is 0 Å². The Labute approximate surface area is 112 Å². The molecular formula is C15H19FN2O. The molecule has 1 saturated carbocycles. The highest BCUT2D eigenvalue weighted by Crippen LogP contribution is 2.47. The van der Waals surface area contributed by atoms with Crippen LogP contribution in [-0.2, 0) is 10.2 Å². The summed E-state index contributed by atoms with van der Waals surface area (Å²) in [4.78, 5) is 12.0. The average Bonchev–Trinajstić information content (AvgIpc) is 3.01. The van der Waals surface area contributed by atoms with Crippen molar-refractivity contribution < 1.29 is 9.18 Å². The van der Waals surface area contributed by atoms with Crippen LogP contribution in [0.3, 0.4) is 0 Å². The van der Waals surface area contributed by atoms with Crippen LogP contribution >= 0.6 is 0 Å². The van der Waals surface area contributed by atoms with Gasteiger partial charge < -0.3 is 10.6 Å². The highest BCUT2D eigenvalue weighted by molar-refractivity contribution is 5.79. The van der Waals surface area contributed by atoms with Gasteiger partial charge in [0, 0.05) is 18.5 Å². The van der Waals surface area contributed by atoms with Crippen molar-refractivity contribution in [2.45, 2.75) is 24.7 Å². The lowest BCUT2D eigenvalue weighted by Gasteiger charge is -2.18. The highest BCUT2D eigenvalue weighted by atomic mass is 19.1. The largest absolute Gasteiger partial charge is 0.355 e. The topological polar surface area (TPSA) is 41.1 Å². The molecule has 19 heavy (non-hydrogen) atoms. The molecule has 2 aliphatic rings. The molecule has 102 valence electrons. The number of benzene rings is 1. The number of rotatable bonds is 4. The zero-order chi connectivity index (χ0) is 13.3. The van der Waals surface area contributed by atoms with E-state index in [2.05, 4.69) is 10.6 Å². The van der Waals surface area contributed by atoms with Crippen molar-refractivity contribution >= 4 is 5.91 Å². The molecule has 0 spiro atoms. The Kier molecular flexibility index (Phi) is 3.27. The van der Waals surface area contributed by atoms with Crippen LogP contribution in [0.4, 0.5) is 4.39 Å². The number of hydrogen-bond donors (Lipinski definition) is 2. The van der Waals surface area contributed by atoms with E-state index in [1.807, 2.05) is 12.1 Å². The summed E-state index contributed by atoms with van der Waals surface area (Å²) in [6.07, 6.45) is 3.07. The molecule has 1 aromatic rings. The molecular weight excluding hydrogens is 243 g/mol. The number of amides is 1. The Hall–Kier alpha value is -1.42. The first-order chi connectivity index (χ1) is 9.20. The lowest BCUT2D eigenvalue weighted by molar-refractivity contribution is -0.124. The molecule has 1 aliphatic heterocycles. The molecule has 2 N–H and O–H groups in total. The van der Waals surface area contributed by atoms with E-state index in [4.69, 9.17) is 0 Å². The maximum Gasteiger partial charge on any atom is 0.224 e. The zero-order valence-electron chi connectivity index (χ0n) is 10.9. The third-order valence-corrected chi connectivity index (χ3v) is 4.34. The molecule has 0 radical (unpaired) electrons. The fourth-order valence-electron chi connectivity index (χ4n) is 2.80. The van der Waals surface area contributed by atoms with Crippen molar-refractivity contribution in [2.24, 2.45) is 5.92 Å². The Morgan fingerprint density at radius 2 is 2.11 bits per heavy atom. The lowest BCUT2D eigenvalue weighted by atomic mass is 9.95. The van der Waals surface area contributed by atoms with Gasteiger partial charge >= 0.3 is 0 Å². The molecule has 3 nitrogen and oxygen atoms in total. The van der Waals surface area contributed by atoms with Crippen LogP contribution in [-0.4, -0.2) is 25.5 Å². The van der Waals surface area contributed by atoms with Crippen molar-refractivity contribution in [3.8, 4) is 0 Å². The maximum atomic E-state index is 12.9. The summed E-state index contributed by atoms with van der Waals surface area (Å²) in [5.41, 5.74) is 1.19. The molecule has 1 aromatic carbocycles. The minimum Gasteiger partial charge on any atom is -0.355 e. The Balaban J connectivity index is 1.59. The molecule has 0 bridgehead atoms. The minimum absolute atomic E-state index is 0.0510.